The van der Waals surface area contributed by atoms with Crippen molar-refractivity contribution in [2.45, 2.75) is 26.2 Å². The maximum atomic E-state index is 13.5. The van der Waals surface area contributed by atoms with Gasteiger partial charge in [-0.05, 0) is 46.9 Å². The first-order valence-electron chi connectivity index (χ1n) is 9.11. The second kappa shape index (κ2) is 6.45. The molecule has 0 heterocycles. The molecule has 0 saturated heterocycles. The van der Waals surface area contributed by atoms with Gasteiger partial charge in [0, 0.05) is 24.7 Å². The highest BCUT2D eigenvalue weighted by molar-refractivity contribution is 6.27. The van der Waals surface area contributed by atoms with Crippen molar-refractivity contribution in [1.29, 1.82) is 0 Å². The average Bonchev–Trinajstić information content (AvgIpc) is 3.00. The predicted octanol–water partition coefficient (Wildman–Crippen LogP) is 5.14. The average molecular weight is 341 g/mol. The molecule has 1 aliphatic carbocycles. The molecule has 3 aromatic rings. The molecule has 4 rings (SSSR count). The number of carbonyl (C=O) groups excluding carboxylic acids is 1. The van der Waals surface area contributed by atoms with E-state index in [1.807, 2.05) is 25.2 Å². The number of hydrogen-bond acceptors (Lipinski definition) is 2. The molecule has 130 valence electrons. The molecule has 0 amide bonds. The number of carbonyl (C=O) groups is 1. The largest absolute Gasteiger partial charge is 0.391 e. The number of ketones is 1. The monoisotopic (exact) mass is 341 g/mol. The minimum Gasteiger partial charge on any atom is -0.391 e. The van der Waals surface area contributed by atoms with E-state index < -0.39 is 0 Å². The Morgan fingerprint density at radius 1 is 0.923 bits per heavy atom. The van der Waals surface area contributed by atoms with E-state index >= 15 is 0 Å². The maximum Gasteiger partial charge on any atom is 0.173 e. The summed E-state index contributed by atoms with van der Waals surface area (Å²) in [7, 11) is 1.92. The summed E-state index contributed by atoms with van der Waals surface area (Å²) in [5.41, 5.74) is 6.48. The van der Waals surface area contributed by atoms with Crippen LogP contribution >= 0.6 is 0 Å². The fourth-order valence-electron chi connectivity index (χ4n) is 4.07. The summed E-state index contributed by atoms with van der Waals surface area (Å²) in [5.74, 6) is 0.0952. The van der Waals surface area contributed by atoms with E-state index in [1.54, 1.807) is 0 Å². The number of rotatable bonds is 3. The first-order chi connectivity index (χ1) is 12.6. The first-order valence-corrected chi connectivity index (χ1v) is 9.11. The predicted molar refractivity (Wildman–Crippen MR) is 108 cm³/mol. The Morgan fingerprint density at radius 2 is 1.65 bits per heavy atom. The summed E-state index contributed by atoms with van der Waals surface area (Å²) >= 11 is 0. The van der Waals surface area contributed by atoms with Crippen molar-refractivity contribution in [2.24, 2.45) is 0 Å². The van der Waals surface area contributed by atoms with Crippen molar-refractivity contribution in [2.75, 3.05) is 7.05 Å². The van der Waals surface area contributed by atoms with Gasteiger partial charge in [0.05, 0.1) is 5.92 Å². The highest BCUT2D eigenvalue weighted by Gasteiger charge is 2.35. The van der Waals surface area contributed by atoms with E-state index in [-0.39, 0.29) is 11.7 Å². The van der Waals surface area contributed by atoms with Gasteiger partial charge in [0.25, 0.3) is 0 Å². The van der Waals surface area contributed by atoms with E-state index in [0.29, 0.717) is 0 Å². The zero-order valence-electron chi connectivity index (χ0n) is 15.5. The lowest BCUT2D eigenvalue weighted by Gasteiger charge is -2.14. The standard InChI is InChI=1S/C24H23NO/c1-15-8-6-12-18(16(15)2)23-22(25-3)14-21(24(23)26)20-13-7-10-17-9-4-5-11-19(17)20/h4-13,21,25H,14H2,1-3H3. The van der Waals surface area contributed by atoms with Crippen LogP contribution in [0.1, 0.15) is 34.6 Å². The van der Waals surface area contributed by atoms with Gasteiger partial charge >= 0.3 is 0 Å². The summed E-state index contributed by atoms with van der Waals surface area (Å²) in [6.45, 7) is 4.20. The third-order valence-corrected chi connectivity index (χ3v) is 5.65. The van der Waals surface area contributed by atoms with Gasteiger partial charge in [-0.1, -0.05) is 60.7 Å². The van der Waals surface area contributed by atoms with E-state index in [0.717, 1.165) is 28.8 Å². The van der Waals surface area contributed by atoms with Gasteiger partial charge in [-0.3, -0.25) is 4.79 Å². The number of nitrogens with one attached hydrogen (secondary N) is 1. The Morgan fingerprint density at radius 3 is 2.46 bits per heavy atom. The van der Waals surface area contributed by atoms with Gasteiger partial charge in [0.2, 0.25) is 0 Å². The lowest BCUT2D eigenvalue weighted by molar-refractivity contribution is -0.114. The van der Waals surface area contributed by atoms with E-state index in [2.05, 4.69) is 61.6 Å². The molecule has 1 unspecified atom stereocenters. The minimum absolute atomic E-state index is 0.126. The van der Waals surface area contributed by atoms with E-state index in [1.165, 1.54) is 21.9 Å². The van der Waals surface area contributed by atoms with Crippen molar-refractivity contribution in [3.8, 4) is 0 Å². The molecule has 0 spiro atoms. The van der Waals surface area contributed by atoms with Crippen molar-refractivity contribution in [3.63, 3.8) is 0 Å². The van der Waals surface area contributed by atoms with Crippen LogP contribution in [0.5, 0.6) is 0 Å². The molecule has 1 aliphatic rings. The Hall–Kier alpha value is -2.87. The molecular weight excluding hydrogens is 318 g/mol. The zero-order chi connectivity index (χ0) is 18.3. The molecule has 2 heteroatoms. The smallest absolute Gasteiger partial charge is 0.173 e. The molecule has 0 fully saturated rings. The van der Waals surface area contributed by atoms with Crippen molar-refractivity contribution in [3.05, 3.63) is 88.6 Å². The lowest BCUT2D eigenvalue weighted by Crippen LogP contribution is -2.09. The van der Waals surface area contributed by atoms with E-state index in [9.17, 15) is 4.79 Å². The van der Waals surface area contributed by atoms with Crippen molar-refractivity contribution in [1.82, 2.24) is 5.32 Å². The summed E-state index contributed by atoms with van der Waals surface area (Å²) in [5, 5.41) is 5.65. The maximum absolute atomic E-state index is 13.5. The quantitative estimate of drug-likeness (QED) is 0.714. The van der Waals surface area contributed by atoms with Gasteiger partial charge in [-0.2, -0.15) is 0 Å². The van der Waals surface area contributed by atoms with Crippen LogP contribution in [0.15, 0.2) is 66.4 Å². The highest BCUT2D eigenvalue weighted by Crippen LogP contribution is 2.42. The SMILES string of the molecule is CNC1=C(c2cccc(C)c2C)C(=O)C(c2cccc3ccccc23)C1. The minimum atomic E-state index is -0.126. The summed E-state index contributed by atoms with van der Waals surface area (Å²) in [6.07, 6.45) is 0.728. The Kier molecular flexibility index (Phi) is 4.12. The van der Waals surface area contributed by atoms with Crippen LogP contribution < -0.4 is 5.32 Å². The van der Waals surface area contributed by atoms with Crippen LogP contribution in [-0.4, -0.2) is 12.8 Å². The second-order valence-electron chi connectivity index (χ2n) is 7.04. The number of aryl methyl sites for hydroxylation is 1. The summed E-state index contributed by atoms with van der Waals surface area (Å²) < 4.78 is 0. The van der Waals surface area contributed by atoms with Crippen LogP contribution in [0.4, 0.5) is 0 Å². The second-order valence-corrected chi connectivity index (χ2v) is 7.04. The van der Waals surface area contributed by atoms with Crippen LogP contribution in [0.3, 0.4) is 0 Å². The van der Waals surface area contributed by atoms with Crippen LogP contribution in [-0.2, 0) is 4.79 Å². The molecule has 1 N–H and O–H groups in total. The molecule has 1 atom stereocenters. The number of allylic oxidation sites excluding steroid dienone is 2. The molecule has 26 heavy (non-hydrogen) atoms. The summed E-state index contributed by atoms with van der Waals surface area (Å²) in [6, 6.07) is 20.8. The fourth-order valence-corrected chi connectivity index (χ4v) is 4.07. The van der Waals surface area contributed by atoms with Gasteiger partial charge in [0.15, 0.2) is 5.78 Å². The molecule has 3 aromatic carbocycles. The normalized spacial score (nSPS) is 17.2. The van der Waals surface area contributed by atoms with Crippen molar-refractivity contribution >= 4 is 22.1 Å². The third-order valence-electron chi connectivity index (χ3n) is 5.65. The highest BCUT2D eigenvalue weighted by atomic mass is 16.1. The first kappa shape index (κ1) is 16.6. The molecule has 0 aliphatic heterocycles. The fraction of sp³-hybridized carbons (Fsp3) is 0.208. The molecule has 0 bridgehead atoms. The Labute approximate surface area is 154 Å². The topological polar surface area (TPSA) is 29.1 Å². The number of fused-ring (bicyclic) bond motifs is 1. The molecular formula is C24H23NO. The molecule has 0 radical (unpaired) electrons. The molecule has 2 nitrogen and oxygen atoms in total. The van der Waals surface area contributed by atoms with Crippen LogP contribution in [0.2, 0.25) is 0 Å². The molecule has 0 aromatic heterocycles. The number of hydrogen-bond donors (Lipinski definition) is 1. The number of benzene rings is 3. The summed E-state index contributed by atoms with van der Waals surface area (Å²) in [4.78, 5) is 13.5. The van der Waals surface area contributed by atoms with Gasteiger partial charge in [-0.25, -0.2) is 0 Å². The van der Waals surface area contributed by atoms with E-state index in [4.69, 9.17) is 0 Å². The number of Topliss-reactive ketones (excluding diaryl/α,β-unsaturated/α-hetero) is 1. The van der Waals surface area contributed by atoms with Crippen molar-refractivity contribution < 1.29 is 4.79 Å². The molecule has 0 saturated carbocycles. The third kappa shape index (κ3) is 2.53. The Balaban J connectivity index is 1.84. The van der Waals surface area contributed by atoms with Crippen LogP contribution in [0.25, 0.3) is 16.3 Å². The van der Waals surface area contributed by atoms with Gasteiger partial charge in [-0.15, -0.1) is 0 Å². The Bertz CT molecular complexity index is 1040. The van der Waals surface area contributed by atoms with Gasteiger partial charge < -0.3 is 5.32 Å². The zero-order valence-corrected chi connectivity index (χ0v) is 15.5. The van der Waals surface area contributed by atoms with Crippen LogP contribution in [0, 0.1) is 13.8 Å². The lowest BCUT2D eigenvalue weighted by atomic mass is 9.88. The van der Waals surface area contributed by atoms with Gasteiger partial charge in [0.1, 0.15) is 0 Å².